The Labute approximate surface area is 177 Å². The van der Waals surface area contributed by atoms with Crippen LogP contribution in [0.4, 0.5) is 0 Å². The van der Waals surface area contributed by atoms with Crippen LogP contribution in [0, 0.1) is 5.92 Å². The van der Waals surface area contributed by atoms with Crippen molar-refractivity contribution in [3.8, 4) is 0 Å². The van der Waals surface area contributed by atoms with E-state index in [9.17, 15) is 19.5 Å². The summed E-state index contributed by atoms with van der Waals surface area (Å²) in [6, 6.07) is 9.21. The largest absolute Gasteiger partial charge is 0.461 e. The third kappa shape index (κ3) is 8.78. The van der Waals surface area contributed by atoms with E-state index in [1.54, 1.807) is 6.92 Å². The van der Waals surface area contributed by atoms with E-state index in [1.807, 2.05) is 42.5 Å². The van der Waals surface area contributed by atoms with Gasteiger partial charge in [-0.1, -0.05) is 42.5 Å². The first-order valence-electron chi connectivity index (χ1n) is 10.5. The summed E-state index contributed by atoms with van der Waals surface area (Å²) in [6.07, 6.45) is 6.12. The molecule has 2 rings (SSSR count). The maximum absolute atomic E-state index is 12.6. The van der Waals surface area contributed by atoms with Crippen LogP contribution in [0.3, 0.4) is 0 Å². The van der Waals surface area contributed by atoms with E-state index in [4.69, 9.17) is 4.74 Å². The van der Waals surface area contributed by atoms with E-state index in [0.29, 0.717) is 32.1 Å². The third-order valence-corrected chi connectivity index (χ3v) is 4.95. The molecule has 3 atom stereocenters. The van der Waals surface area contributed by atoms with Gasteiger partial charge in [0.2, 0.25) is 11.8 Å². The molecule has 0 bridgehead atoms. The number of carbonyl (C=O) groups excluding carboxylic acids is 3. The average molecular weight is 417 g/mol. The molecule has 1 heterocycles. The predicted molar refractivity (Wildman–Crippen MR) is 113 cm³/mol. The molecule has 0 fully saturated rings. The SMILES string of the molecule is CC1CNC(=O)C(CC(=O)NC(CO)Cc2ccccc2)CC=CCCCC(=O)O1. The summed E-state index contributed by atoms with van der Waals surface area (Å²) < 4.78 is 5.27. The number of allylic oxidation sites excluding steroid dienone is 2. The van der Waals surface area contributed by atoms with Gasteiger partial charge in [-0.2, -0.15) is 0 Å². The van der Waals surface area contributed by atoms with Crippen molar-refractivity contribution in [2.75, 3.05) is 13.2 Å². The van der Waals surface area contributed by atoms with E-state index in [-0.39, 0.29) is 37.4 Å². The maximum Gasteiger partial charge on any atom is 0.306 e. The molecule has 7 nitrogen and oxygen atoms in total. The fourth-order valence-electron chi connectivity index (χ4n) is 3.31. The molecule has 1 aliphatic heterocycles. The normalized spacial score (nSPS) is 21.9. The Morgan fingerprint density at radius 3 is 2.77 bits per heavy atom. The number of esters is 1. The highest BCUT2D eigenvalue weighted by Gasteiger charge is 2.23. The first-order valence-corrected chi connectivity index (χ1v) is 10.5. The summed E-state index contributed by atoms with van der Waals surface area (Å²) >= 11 is 0. The van der Waals surface area contributed by atoms with Crippen LogP contribution in [0.2, 0.25) is 0 Å². The smallest absolute Gasteiger partial charge is 0.306 e. The molecule has 0 radical (unpaired) electrons. The number of aliphatic hydroxyl groups excluding tert-OH is 1. The van der Waals surface area contributed by atoms with Gasteiger partial charge < -0.3 is 20.5 Å². The van der Waals surface area contributed by atoms with Crippen molar-refractivity contribution in [3.63, 3.8) is 0 Å². The number of amides is 2. The lowest BCUT2D eigenvalue weighted by atomic mass is 9.98. The quantitative estimate of drug-likeness (QED) is 0.485. The summed E-state index contributed by atoms with van der Waals surface area (Å²) in [4.78, 5) is 36.9. The minimum atomic E-state index is -0.527. The number of aliphatic hydroxyl groups is 1. The molecule has 0 saturated carbocycles. The lowest BCUT2D eigenvalue weighted by Crippen LogP contribution is -2.42. The number of hydrogen-bond donors (Lipinski definition) is 3. The molecule has 3 N–H and O–H groups in total. The van der Waals surface area contributed by atoms with Crippen molar-refractivity contribution < 1.29 is 24.2 Å². The summed E-state index contributed by atoms with van der Waals surface area (Å²) in [5.74, 6) is -1.32. The van der Waals surface area contributed by atoms with Crippen molar-refractivity contribution in [3.05, 3.63) is 48.0 Å². The summed E-state index contributed by atoms with van der Waals surface area (Å²) in [5, 5.41) is 15.2. The minimum absolute atomic E-state index is 0.0234. The van der Waals surface area contributed by atoms with Gasteiger partial charge in [0, 0.05) is 12.8 Å². The Morgan fingerprint density at radius 1 is 1.27 bits per heavy atom. The van der Waals surface area contributed by atoms with Gasteiger partial charge in [-0.15, -0.1) is 0 Å². The molecular formula is C23H32N2O5. The first-order chi connectivity index (χ1) is 14.5. The molecule has 1 aromatic carbocycles. The van der Waals surface area contributed by atoms with Crippen LogP contribution >= 0.6 is 0 Å². The van der Waals surface area contributed by atoms with Crippen molar-refractivity contribution in [1.82, 2.24) is 10.6 Å². The van der Waals surface area contributed by atoms with Crippen molar-refractivity contribution >= 4 is 17.8 Å². The molecule has 2 amide bonds. The Balaban J connectivity index is 1.95. The fourth-order valence-corrected chi connectivity index (χ4v) is 3.31. The molecule has 1 aromatic rings. The monoisotopic (exact) mass is 416 g/mol. The van der Waals surface area contributed by atoms with Gasteiger partial charge in [-0.05, 0) is 38.2 Å². The fraction of sp³-hybridized carbons (Fsp3) is 0.522. The molecule has 0 spiro atoms. The van der Waals surface area contributed by atoms with E-state index in [0.717, 1.165) is 5.56 Å². The molecule has 7 heteroatoms. The van der Waals surface area contributed by atoms with Crippen LogP contribution in [-0.2, 0) is 25.5 Å². The molecule has 3 unspecified atom stereocenters. The summed E-state index contributed by atoms with van der Waals surface area (Å²) in [5.41, 5.74) is 1.02. The predicted octanol–water partition coefficient (Wildman–Crippen LogP) is 1.89. The van der Waals surface area contributed by atoms with E-state index in [2.05, 4.69) is 10.6 Å². The van der Waals surface area contributed by atoms with E-state index in [1.165, 1.54) is 0 Å². The number of carbonyl (C=O) groups is 3. The summed E-state index contributed by atoms with van der Waals surface area (Å²) in [6.45, 7) is 1.76. The second-order valence-corrected chi connectivity index (χ2v) is 7.68. The molecular weight excluding hydrogens is 384 g/mol. The lowest BCUT2D eigenvalue weighted by molar-refractivity contribution is -0.148. The number of nitrogens with one attached hydrogen (secondary N) is 2. The Hall–Kier alpha value is -2.67. The van der Waals surface area contributed by atoms with Gasteiger partial charge in [0.25, 0.3) is 0 Å². The zero-order valence-electron chi connectivity index (χ0n) is 17.5. The van der Waals surface area contributed by atoms with Crippen LogP contribution in [-0.4, -0.2) is 48.2 Å². The van der Waals surface area contributed by atoms with Crippen LogP contribution in [0.25, 0.3) is 0 Å². The topological polar surface area (TPSA) is 105 Å². The average Bonchev–Trinajstić information content (AvgIpc) is 2.74. The van der Waals surface area contributed by atoms with Gasteiger partial charge in [-0.25, -0.2) is 0 Å². The molecule has 164 valence electrons. The Morgan fingerprint density at radius 2 is 2.03 bits per heavy atom. The summed E-state index contributed by atoms with van der Waals surface area (Å²) in [7, 11) is 0. The van der Waals surface area contributed by atoms with Crippen molar-refractivity contribution in [1.29, 1.82) is 0 Å². The Bertz CT molecular complexity index is 720. The minimum Gasteiger partial charge on any atom is -0.461 e. The molecule has 0 saturated heterocycles. The van der Waals surface area contributed by atoms with Gasteiger partial charge >= 0.3 is 5.97 Å². The van der Waals surface area contributed by atoms with Crippen molar-refractivity contribution in [2.45, 2.75) is 57.6 Å². The van der Waals surface area contributed by atoms with Gasteiger partial charge in [0.15, 0.2) is 0 Å². The standard InChI is InChI=1S/C23H32N2O5/c1-17-15-24-23(29)19(11-7-2-3-8-12-22(28)30-17)14-21(27)25-20(16-26)13-18-9-5-4-6-10-18/h2,4-7,9-10,17,19-20,26H,3,8,11-16H2,1H3,(H,24,29)(H,25,27). The number of rotatable bonds is 6. The number of hydrogen-bond acceptors (Lipinski definition) is 5. The molecule has 0 aromatic heterocycles. The van der Waals surface area contributed by atoms with Gasteiger partial charge in [0.1, 0.15) is 6.10 Å². The lowest BCUT2D eigenvalue weighted by Gasteiger charge is -2.20. The highest BCUT2D eigenvalue weighted by Crippen LogP contribution is 2.13. The number of cyclic esters (lactones) is 1. The van der Waals surface area contributed by atoms with Crippen molar-refractivity contribution in [2.24, 2.45) is 5.92 Å². The highest BCUT2D eigenvalue weighted by molar-refractivity contribution is 5.86. The van der Waals surface area contributed by atoms with Gasteiger partial charge in [0.05, 0.1) is 25.1 Å². The van der Waals surface area contributed by atoms with Crippen LogP contribution in [0.5, 0.6) is 0 Å². The number of benzene rings is 1. The molecule has 1 aliphatic rings. The van der Waals surface area contributed by atoms with Gasteiger partial charge in [-0.3, -0.25) is 14.4 Å². The zero-order valence-corrected chi connectivity index (χ0v) is 17.5. The first kappa shape index (κ1) is 23.6. The van der Waals surface area contributed by atoms with Crippen LogP contribution < -0.4 is 10.6 Å². The maximum atomic E-state index is 12.6. The van der Waals surface area contributed by atoms with E-state index >= 15 is 0 Å². The second-order valence-electron chi connectivity index (χ2n) is 7.68. The third-order valence-electron chi connectivity index (χ3n) is 4.95. The Kier molecular flexibility index (Phi) is 10.1. The van der Waals surface area contributed by atoms with Crippen LogP contribution in [0.15, 0.2) is 42.5 Å². The zero-order chi connectivity index (χ0) is 21.8. The number of ether oxygens (including phenoxy) is 1. The van der Waals surface area contributed by atoms with Crippen LogP contribution in [0.1, 0.15) is 44.6 Å². The van der Waals surface area contributed by atoms with E-state index < -0.39 is 18.1 Å². The highest BCUT2D eigenvalue weighted by atomic mass is 16.5. The molecule has 0 aliphatic carbocycles. The second kappa shape index (κ2) is 12.8. The molecule has 30 heavy (non-hydrogen) atoms.